The molecule has 0 amide bonds. The second-order valence-electron chi connectivity index (χ2n) is 3.15. The normalized spacial score (nSPS) is 22.8. The van der Waals surface area contributed by atoms with Gasteiger partial charge in [-0.25, -0.2) is 0 Å². The van der Waals surface area contributed by atoms with Crippen molar-refractivity contribution in [3.63, 3.8) is 0 Å². The Morgan fingerprint density at radius 1 is 1.50 bits per heavy atom. The van der Waals surface area contributed by atoms with Crippen molar-refractivity contribution in [3.8, 4) is 0 Å². The number of rotatable bonds is 3. The molecular formula is C8H16O2. The zero-order valence-electron chi connectivity index (χ0n) is 7.02. The lowest BCUT2D eigenvalue weighted by Gasteiger charge is -2.44. The van der Waals surface area contributed by atoms with Gasteiger partial charge in [0.25, 0.3) is 0 Å². The predicted octanol–water partition coefficient (Wildman–Crippen LogP) is 1.45. The first kappa shape index (κ1) is 8.02. The second kappa shape index (κ2) is 2.89. The van der Waals surface area contributed by atoms with Gasteiger partial charge in [0.15, 0.2) is 0 Å². The minimum atomic E-state index is 0.0503. The molecule has 0 radical (unpaired) electrons. The zero-order chi connectivity index (χ0) is 7.61. The molecule has 0 N–H and O–H groups in total. The van der Waals surface area contributed by atoms with E-state index in [1.165, 1.54) is 0 Å². The van der Waals surface area contributed by atoms with E-state index >= 15 is 0 Å². The lowest BCUT2D eigenvalue weighted by molar-refractivity contribution is -0.228. The van der Waals surface area contributed by atoms with Crippen molar-refractivity contribution in [1.29, 1.82) is 0 Å². The second-order valence-corrected chi connectivity index (χ2v) is 3.15. The highest BCUT2D eigenvalue weighted by Crippen LogP contribution is 2.29. The quantitative estimate of drug-likeness (QED) is 0.597. The summed E-state index contributed by atoms with van der Waals surface area (Å²) in [6.45, 7) is 8.73. The standard InChI is InChI=1S/C8H16O2/c1-4-10-8(7(2)3)5-9-6-8/h7H,4-6H2,1-3H3. The molecule has 0 bridgehead atoms. The molecule has 1 heterocycles. The Balaban J connectivity index is 2.42. The van der Waals surface area contributed by atoms with E-state index in [0.29, 0.717) is 5.92 Å². The number of hydrogen-bond acceptors (Lipinski definition) is 2. The minimum absolute atomic E-state index is 0.0503. The Morgan fingerprint density at radius 3 is 2.20 bits per heavy atom. The van der Waals surface area contributed by atoms with E-state index < -0.39 is 0 Å². The van der Waals surface area contributed by atoms with Crippen LogP contribution in [0.15, 0.2) is 0 Å². The Hall–Kier alpha value is -0.0800. The van der Waals surface area contributed by atoms with E-state index in [1.807, 2.05) is 6.92 Å². The molecule has 1 aliphatic heterocycles. The summed E-state index contributed by atoms with van der Waals surface area (Å²) in [5.74, 6) is 0.571. The third-order valence-corrected chi connectivity index (χ3v) is 2.18. The van der Waals surface area contributed by atoms with Gasteiger partial charge in [0.2, 0.25) is 0 Å². The fourth-order valence-electron chi connectivity index (χ4n) is 1.17. The summed E-state index contributed by atoms with van der Waals surface area (Å²) in [7, 11) is 0. The predicted molar refractivity (Wildman–Crippen MR) is 40.0 cm³/mol. The molecule has 10 heavy (non-hydrogen) atoms. The Morgan fingerprint density at radius 2 is 2.10 bits per heavy atom. The van der Waals surface area contributed by atoms with Crippen LogP contribution in [0.25, 0.3) is 0 Å². The van der Waals surface area contributed by atoms with Gasteiger partial charge in [-0.05, 0) is 12.8 Å². The van der Waals surface area contributed by atoms with Crippen molar-refractivity contribution >= 4 is 0 Å². The van der Waals surface area contributed by atoms with Crippen LogP contribution in [0.5, 0.6) is 0 Å². The molecule has 60 valence electrons. The SMILES string of the molecule is CCOC1(C(C)C)COC1. The van der Waals surface area contributed by atoms with Crippen molar-refractivity contribution in [3.05, 3.63) is 0 Å². The van der Waals surface area contributed by atoms with Gasteiger partial charge in [0.05, 0.1) is 13.2 Å². The number of hydrogen-bond donors (Lipinski definition) is 0. The van der Waals surface area contributed by atoms with Crippen LogP contribution < -0.4 is 0 Å². The van der Waals surface area contributed by atoms with E-state index in [2.05, 4.69) is 13.8 Å². The van der Waals surface area contributed by atoms with Crippen molar-refractivity contribution in [2.75, 3.05) is 19.8 Å². The molecule has 1 aliphatic rings. The van der Waals surface area contributed by atoms with E-state index in [9.17, 15) is 0 Å². The molecule has 0 unspecified atom stereocenters. The van der Waals surface area contributed by atoms with Crippen LogP contribution >= 0.6 is 0 Å². The van der Waals surface area contributed by atoms with Gasteiger partial charge in [0.1, 0.15) is 5.60 Å². The molecule has 2 nitrogen and oxygen atoms in total. The maximum absolute atomic E-state index is 5.60. The summed E-state index contributed by atoms with van der Waals surface area (Å²) >= 11 is 0. The van der Waals surface area contributed by atoms with Crippen LogP contribution in [0.2, 0.25) is 0 Å². The van der Waals surface area contributed by atoms with Gasteiger partial charge < -0.3 is 9.47 Å². The van der Waals surface area contributed by atoms with Crippen molar-refractivity contribution in [2.45, 2.75) is 26.4 Å². The summed E-state index contributed by atoms with van der Waals surface area (Å²) < 4.78 is 10.7. The molecule has 1 fully saturated rings. The molecule has 0 aromatic heterocycles. The summed E-state index contributed by atoms with van der Waals surface area (Å²) in [5, 5.41) is 0. The molecule has 1 saturated heterocycles. The van der Waals surface area contributed by atoms with E-state index in [0.717, 1.165) is 19.8 Å². The summed E-state index contributed by atoms with van der Waals surface area (Å²) in [4.78, 5) is 0. The fourth-order valence-corrected chi connectivity index (χ4v) is 1.17. The Kier molecular flexibility index (Phi) is 2.32. The van der Waals surface area contributed by atoms with E-state index in [4.69, 9.17) is 9.47 Å². The topological polar surface area (TPSA) is 18.5 Å². The maximum atomic E-state index is 5.60. The average Bonchev–Trinajstić information content (AvgIpc) is 1.77. The molecule has 0 aromatic carbocycles. The minimum Gasteiger partial charge on any atom is -0.375 e. The third-order valence-electron chi connectivity index (χ3n) is 2.18. The first-order valence-electron chi connectivity index (χ1n) is 3.93. The summed E-state index contributed by atoms with van der Waals surface area (Å²) in [6.07, 6.45) is 0. The summed E-state index contributed by atoms with van der Waals surface area (Å²) in [5.41, 5.74) is 0.0503. The van der Waals surface area contributed by atoms with Crippen LogP contribution in [-0.2, 0) is 9.47 Å². The fraction of sp³-hybridized carbons (Fsp3) is 1.00. The molecule has 0 spiro atoms. The van der Waals surface area contributed by atoms with Gasteiger partial charge >= 0.3 is 0 Å². The zero-order valence-corrected chi connectivity index (χ0v) is 7.02. The number of ether oxygens (including phenoxy) is 2. The monoisotopic (exact) mass is 144 g/mol. The first-order chi connectivity index (χ1) is 4.71. The molecular weight excluding hydrogens is 128 g/mol. The molecule has 1 rings (SSSR count). The van der Waals surface area contributed by atoms with E-state index in [-0.39, 0.29) is 5.60 Å². The molecule has 0 atom stereocenters. The highest BCUT2D eigenvalue weighted by Gasteiger charge is 2.42. The van der Waals surface area contributed by atoms with E-state index in [1.54, 1.807) is 0 Å². The Labute approximate surface area is 62.5 Å². The molecule has 0 aliphatic carbocycles. The molecule has 0 saturated carbocycles. The van der Waals surface area contributed by atoms with Gasteiger partial charge in [-0.3, -0.25) is 0 Å². The van der Waals surface area contributed by atoms with Crippen LogP contribution in [0.3, 0.4) is 0 Å². The lowest BCUT2D eigenvalue weighted by atomic mass is 9.88. The van der Waals surface area contributed by atoms with Gasteiger partial charge in [-0.1, -0.05) is 13.8 Å². The highest BCUT2D eigenvalue weighted by molar-refractivity contribution is 4.90. The average molecular weight is 144 g/mol. The van der Waals surface area contributed by atoms with Crippen molar-refractivity contribution in [1.82, 2.24) is 0 Å². The Bertz CT molecular complexity index is 106. The third kappa shape index (κ3) is 1.18. The summed E-state index contributed by atoms with van der Waals surface area (Å²) in [6, 6.07) is 0. The van der Waals surface area contributed by atoms with Crippen LogP contribution in [-0.4, -0.2) is 25.4 Å². The maximum Gasteiger partial charge on any atom is 0.117 e. The lowest BCUT2D eigenvalue weighted by Crippen LogP contribution is -2.55. The van der Waals surface area contributed by atoms with Crippen molar-refractivity contribution < 1.29 is 9.47 Å². The van der Waals surface area contributed by atoms with Crippen molar-refractivity contribution in [2.24, 2.45) is 5.92 Å². The van der Waals surface area contributed by atoms with Crippen LogP contribution in [0.4, 0.5) is 0 Å². The molecule has 2 heteroatoms. The van der Waals surface area contributed by atoms with Gasteiger partial charge in [0, 0.05) is 6.61 Å². The van der Waals surface area contributed by atoms with Gasteiger partial charge in [-0.15, -0.1) is 0 Å². The first-order valence-corrected chi connectivity index (χ1v) is 3.93. The molecule has 0 aromatic rings. The van der Waals surface area contributed by atoms with Gasteiger partial charge in [-0.2, -0.15) is 0 Å². The largest absolute Gasteiger partial charge is 0.375 e. The van der Waals surface area contributed by atoms with Crippen LogP contribution in [0, 0.1) is 5.92 Å². The smallest absolute Gasteiger partial charge is 0.117 e. The van der Waals surface area contributed by atoms with Crippen LogP contribution in [0.1, 0.15) is 20.8 Å². The highest BCUT2D eigenvalue weighted by atomic mass is 16.6.